The molecule has 11 heteroatoms. The highest BCUT2D eigenvalue weighted by molar-refractivity contribution is 7.07. The number of thiazole rings is 1. The second-order valence-corrected chi connectivity index (χ2v) is 9.29. The van der Waals surface area contributed by atoms with Crippen LogP contribution in [0.5, 0.6) is 23.0 Å². The van der Waals surface area contributed by atoms with E-state index in [0.29, 0.717) is 43.3 Å². The fraction of sp³-hybridized carbons (Fsp3) is 0.192. The number of nitriles is 1. The number of rotatable bonds is 4. The molecule has 0 fully saturated rings. The topological polar surface area (TPSA) is 135 Å². The number of ether oxygens (including phenoxy) is 5. The number of benzene rings is 2. The van der Waals surface area contributed by atoms with Crippen molar-refractivity contribution in [3.05, 3.63) is 72.6 Å². The fourth-order valence-electron chi connectivity index (χ4n) is 4.53. The predicted octanol–water partition coefficient (Wildman–Crippen LogP) is 1.36. The Balaban J connectivity index is 1.61. The molecule has 1 atom stereocenters. The third-order valence-electron chi connectivity index (χ3n) is 6.19. The van der Waals surface area contributed by atoms with Gasteiger partial charge in [-0.15, -0.1) is 11.3 Å². The van der Waals surface area contributed by atoms with Crippen LogP contribution in [0.3, 0.4) is 0 Å². The van der Waals surface area contributed by atoms with Crippen molar-refractivity contribution in [2.45, 2.75) is 12.8 Å². The average molecular weight is 518 g/mol. The number of hydrogen-bond acceptors (Lipinski definition) is 10. The SMILES string of the molecule is CCOC(=O)C1=c2sc(=Cc3ccc4c(c3)OCO4)c(=O)n2C(N)=C(C#N)[C@@H]1c1ccc2c(c1)OCO2. The second-order valence-electron chi connectivity index (χ2n) is 8.26. The summed E-state index contributed by atoms with van der Waals surface area (Å²) in [6.45, 7) is 2.01. The van der Waals surface area contributed by atoms with E-state index >= 15 is 0 Å². The van der Waals surface area contributed by atoms with Crippen LogP contribution in [0.25, 0.3) is 17.5 Å². The molecule has 0 radical (unpaired) electrons. The van der Waals surface area contributed by atoms with Crippen molar-refractivity contribution in [2.24, 2.45) is 5.73 Å². The largest absolute Gasteiger partial charge is 0.463 e. The minimum atomic E-state index is -0.866. The zero-order chi connectivity index (χ0) is 25.7. The number of carbonyl (C=O) groups is 1. The smallest absolute Gasteiger partial charge is 0.338 e. The zero-order valence-electron chi connectivity index (χ0n) is 19.5. The molecule has 186 valence electrons. The van der Waals surface area contributed by atoms with Gasteiger partial charge in [0.15, 0.2) is 23.0 Å². The maximum absolute atomic E-state index is 13.5. The van der Waals surface area contributed by atoms with Crippen LogP contribution >= 0.6 is 11.3 Å². The van der Waals surface area contributed by atoms with Crippen LogP contribution in [-0.4, -0.2) is 30.7 Å². The lowest BCUT2D eigenvalue weighted by Gasteiger charge is -2.24. The van der Waals surface area contributed by atoms with Crippen LogP contribution < -0.4 is 39.4 Å². The molecule has 2 N–H and O–H groups in total. The van der Waals surface area contributed by atoms with Gasteiger partial charge in [0.2, 0.25) is 13.6 Å². The van der Waals surface area contributed by atoms with E-state index < -0.39 is 17.4 Å². The van der Waals surface area contributed by atoms with Crippen LogP contribution in [0.1, 0.15) is 24.0 Å². The van der Waals surface area contributed by atoms with E-state index in [-0.39, 0.29) is 37.2 Å². The predicted molar refractivity (Wildman–Crippen MR) is 132 cm³/mol. The van der Waals surface area contributed by atoms with Gasteiger partial charge in [-0.05, 0) is 48.4 Å². The molecule has 0 amide bonds. The molecule has 1 aromatic heterocycles. The Morgan fingerprint density at radius 2 is 1.81 bits per heavy atom. The quantitative estimate of drug-likeness (QED) is 0.509. The third kappa shape index (κ3) is 3.61. The summed E-state index contributed by atoms with van der Waals surface area (Å²) in [5, 5.41) is 10.1. The summed E-state index contributed by atoms with van der Waals surface area (Å²) >= 11 is 1.10. The number of fused-ring (bicyclic) bond motifs is 3. The number of nitrogens with two attached hydrogens (primary N) is 1. The molecule has 2 aromatic carbocycles. The molecular weight excluding hydrogens is 498 g/mol. The van der Waals surface area contributed by atoms with Crippen molar-refractivity contribution in [1.82, 2.24) is 4.57 Å². The highest BCUT2D eigenvalue weighted by Gasteiger charge is 2.37. The number of allylic oxidation sites excluding steroid dienone is 1. The Kier molecular flexibility index (Phi) is 5.39. The van der Waals surface area contributed by atoms with Gasteiger partial charge in [-0.1, -0.05) is 12.1 Å². The molecule has 0 saturated carbocycles. The molecule has 10 nitrogen and oxygen atoms in total. The zero-order valence-corrected chi connectivity index (χ0v) is 20.3. The van der Waals surface area contributed by atoms with Crippen molar-refractivity contribution < 1.29 is 28.5 Å². The fourth-order valence-corrected chi connectivity index (χ4v) is 5.70. The van der Waals surface area contributed by atoms with Crippen LogP contribution in [0.2, 0.25) is 0 Å². The molecule has 0 bridgehead atoms. The van der Waals surface area contributed by atoms with Gasteiger partial charge in [0.1, 0.15) is 10.5 Å². The number of hydrogen-bond donors (Lipinski definition) is 1. The van der Waals surface area contributed by atoms with Gasteiger partial charge in [0, 0.05) is 0 Å². The number of aromatic nitrogens is 1. The Hall–Kier alpha value is -4.69. The van der Waals surface area contributed by atoms with E-state index in [1.165, 1.54) is 4.57 Å². The molecule has 0 spiro atoms. The van der Waals surface area contributed by atoms with E-state index in [4.69, 9.17) is 29.4 Å². The van der Waals surface area contributed by atoms with Crippen molar-refractivity contribution in [2.75, 3.05) is 20.2 Å². The third-order valence-corrected chi connectivity index (χ3v) is 7.30. The highest BCUT2D eigenvalue weighted by Crippen LogP contribution is 2.41. The summed E-state index contributed by atoms with van der Waals surface area (Å²) in [4.78, 5) is 26.8. The van der Waals surface area contributed by atoms with Crippen molar-refractivity contribution in [3.8, 4) is 29.1 Å². The summed E-state index contributed by atoms with van der Waals surface area (Å²) < 4.78 is 28.9. The molecule has 3 aliphatic heterocycles. The number of nitrogens with zero attached hydrogens (tertiary/aromatic N) is 2. The average Bonchev–Trinajstić information content (AvgIpc) is 3.62. The number of carbonyl (C=O) groups excluding carboxylic acids is 1. The molecule has 0 aliphatic carbocycles. The molecule has 6 rings (SSSR count). The van der Waals surface area contributed by atoms with Gasteiger partial charge in [-0.3, -0.25) is 9.36 Å². The molecule has 0 saturated heterocycles. The monoisotopic (exact) mass is 517 g/mol. The van der Waals surface area contributed by atoms with E-state index in [1.807, 2.05) is 0 Å². The Morgan fingerprint density at radius 3 is 2.51 bits per heavy atom. The van der Waals surface area contributed by atoms with Gasteiger partial charge >= 0.3 is 5.97 Å². The van der Waals surface area contributed by atoms with Crippen LogP contribution in [-0.2, 0) is 9.53 Å². The maximum Gasteiger partial charge on any atom is 0.338 e. The number of esters is 1. The molecule has 3 aromatic rings. The lowest BCUT2D eigenvalue weighted by molar-refractivity contribution is -0.136. The van der Waals surface area contributed by atoms with Gasteiger partial charge in [-0.25, -0.2) is 4.79 Å². The Labute approximate surface area is 213 Å². The van der Waals surface area contributed by atoms with E-state index in [9.17, 15) is 14.9 Å². The summed E-state index contributed by atoms with van der Waals surface area (Å²) in [6.07, 6.45) is 1.68. The maximum atomic E-state index is 13.5. The first-order valence-corrected chi connectivity index (χ1v) is 12.2. The minimum absolute atomic E-state index is 0.0419. The molecule has 4 heterocycles. The lowest BCUT2D eigenvalue weighted by Crippen LogP contribution is -2.40. The van der Waals surface area contributed by atoms with Gasteiger partial charge in [-0.2, -0.15) is 5.26 Å². The first-order valence-electron chi connectivity index (χ1n) is 11.3. The first-order chi connectivity index (χ1) is 18.0. The Bertz CT molecular complexity index is 1730. The van der Waals surface area contributed by atoms with Crippen molar-refractivity contribution >= 4 is 34.8 Å². The van der Waals surface area contributed by atoms with Gasteiger partial charge < -0.3 is 29.4 Å². The molecule has 0 unspecified atom stereocenters. The van der Waals surface area contributed by atoms with Gasteiger partial charge in [0.05, 0.1) is 34.3 Å². The van der Waals surface area contributed by atoms with Crippen molar-refractivity contribution in [1.29, 1.82) is 5.26 Å². The minimum Gasteiger partial charge on any atom is -0.463 e. The normalized spacial score (nSPS) is 17.6. The summed E-state index contributed by atoms with van der Waals surface area (Å²) in [6, 6.07) is 12.6. The van der Waals surface area contributed by atoms with E-state index in [2.05, 4.69) is 6.07 Å². The standard InChI is InChI=1S/C26H19N3O7S/c1-2-32-26(31)22-21(14-4-6-17-19(9-14)36-12-34-17)15(10-27)23(28)29-24(30)20(37-25(22)29)8-13-3-5-16-18(7-13)35-11-33-16/h3-9,21H,2,11-12,28H2,1H3/t21-/m0/s1. The summed E-state index contributed by atoms with van der Waals surface area (Å²) in [5.74, 6) is 0.686. The molecular formula is C26H19N3O7S. The second kappa shape index (κ2) is 8.76. The Morgan fingerprint density at radius 1 is 1.14 bits per heavy atom. The lowest BCUT2D eigenvalue weighted by atomic mass is 9.83. The first kappa shape index (κ1) is 22.8. The summed E-state index contributed by atoms with van der Waals surface area (Å²) in [5.41, 5.74) is 7.46. The van der Waals surface area contributed by atoms with Gasteiger partial charge in [0.25, 0.3) is 5.56 Å². The van der Waals surface area contributed by atoms with Crippen LogP contribution in [0, 0.1) is 11.3 Å². The van der Waals surface area contributed by atoms with Crippen LogP contribution in [0.4, 0.5) is 0 Å². The molecule has 3 aliphatic rings. The van der Waals surface area contributed by atoms with Crippen LogP contribution in [0.15, 0.2) is 46.8 Å². The van der Waals surface area contributed by atoms with Crippen molar-refractivity contribution in [3.63, 3.8) is 0 Å². The molecule has 37 heavy (non-hydrogen) atoms. The van der Waals surface area contributed by atoms with E-state index in [0.717, 1.165) is 11.3 Å². The summed E-state index contributed by atoms with van der Waals surface area (Å²) in [7, 11) is 0. The van der Waals surface area contributed by atoms with E-state index in [1.54, 1.807) is 49.4 Å². The highest BCUT2D eigenvalue weighted by atomic mass is 32.1.